The highest BCUT2D eigenvalue weighted by Gasteiger charge is 2.46. The van der Waals surface area contributed by atoms with Crippen LogP contribution < -0.4 is 11.4 Å². The molecule has 0 saturated carbocycles. The first kappa shape index (κ1) is 26.9. The topological polar surface area (TPSA) is 106 Å². The van der Waals surface area contributed by atoms with Gasteiger partial charge in [0.2, 0.25) is 0 Å². The second kappa shape index (κ2) is 9.13. The lowest BCUT2D eigenvalue weighted by Crippen LogP contribution is -2.48. The highest BCUT2D eigenvalue weighted by molar-refractivity contribution is 6.74. The van der Waals surface area contributed by atoms with Crippen molar-refractivity contribution < 1.29 is 18.4 Å². The number of ether oxygens (including phenoxy) is 1. The van der Waals surface area contributed by atoms with Crippen LogP contribution in [0, 0.1) is 0 Å². The van der Waals surface area contributed by atoms with Gasteiger partial charge in [0.15, 0.2) is 22.9 Å². The Morgan fingerprint density at radius 1 is 1.16 bits per heavy atom. The molecule has 0 aliphatic carbocycles. The summed E-state index contributed by atoms with van der Waals surface area (Å²) in [6.07, 6.45) is 1.33. The number of nitrogens with two attached hydrogens (primary N) is 1. The molecule has 1 aromatic heterocycles. The Hall–Kier alpha value is -1.34. The average molecular weight is 484 g/mol. The Morgan fingerprint density at radius 2 is 1.72 bits per heavy atom. The van der Waals surface area contributed by atoms with Crippen molar-refractivity contribution in [1.29, 1.82) is 0 Å². The first-order valence-electron chi connectivity index (χ1n) is 11.2. The van der Waals surface area contributed by atoms with Crippen molar-refractivity contribution >= 4 is 28.7 Å². The van der Waals surface area contributed by atoms with Gasteiger partial charge in [-0.3, -0.25) is 9.36 Å². The van der Waals surface area contributed by atoms with Crippen LogP contribution >= 0.6 is 0 Å². The predicted octanol–water partition coefficient (Wildman–Crippen LogP) is 4.34. The van der Waals surface area contributed by atoms with Crippen LogP contribution in [0.2, 0.25) is 36.3 Å². The molecule has 3 atom stereocenters. The van der Waals surface area contributed by atoms with Crippen LogP contribution in [0.25, 0.3) is 0 Å². The molecule has 0 radical (unpaired) electrons. The van der Waals surface area contributed by atoms with Crippen molar-refractivity contribution in [3.05, 3.63) is 22.2 Å². The van der Waals surface area contributed by atoms with Gasteiger partial charge in [-0.2, -0.15) is 4.98 Å². The minimum Gasteiger partial charge on any atom is -0.414 e. The average Bonchev–Trinajstić information content (AvgIpc) is 3.00. The molecule has 0 aromatic carbocycles. The first-order chi connectivity index (χ1) is 14.4. The molecule has 10 heteroatoms. The Bertz CT molecular complexity index is 887. The Labute approximate surface area is 194 Å². The van der Waals surface area contributed by atoms with E-state index in [0.29, 0.717) is 19.3 Å². The lowest BCUT2D eigenvalue weighted by atomic mass is 10.2. The maximum atomic E-state index is 12.5. The largest absolute Gasteiger partial charge is 0.414 e. The summed E-state index contributed by atoms with van der Waals surface area (Å²) >= 11 is 0. The quantitative estimate of drug-likeness (QED) is 0.454. The standard InChI is InChI=1S/C22H41N3O5Si2/c1-21(2,3)31(7,8)28-14-17-16(30-32(9,10)22(4,5)6)11-18(29-17)25-12-15(13-26)19(23)24-20(25)27/h12-13,16-18H,11,14H2,1-10H3,(H2,23,24,27)/t16-,17+,18+/m0/s1. The van der Waals surface area contributed by atoms with Gasteiger partial charge in [-0.15, -0.1) is 0 Å². The van der Waals surface area contributed by atoms with Gasteiger partial charge in [0.1, 0.15) is 18.1 Å². The summed E-state index contributed by atoms with van der Waals surface area (Å²) in [5, 5.41) is 0.0949. The molecule has 2 N–H and O–H groups in total. The molecule has 1 aliphatic rings. The van der Waals surface area contributed by atoms with Crippen molar-refractivity contribution in [2.24, 2.45) is 0 Å². The summed E-state index contributed by atoms with van der Waals surface area (Å²) in [5.74, 6) is -0.0777. The van der Waals surface area contributed by atoms with Crippen LogP contribution in [-0.2, 0) is 13.6 Å². The van der Waals surface area contributed by atoms with E-state index in [0.717, 1.165) is 0 Å². The highest BCUT2D eigenvalue weighted by Crippen LogP contribution is 2.42. The molecule has 2 rings (SSSR count). The molecule has 2 heterocycles. The highest BCUT2D eigenvalue weighted by atomic mass is 28.4. The van der Waals surface area contributed by atoms with E-state index in [4.69, 9.17) is 19.3 Å². The van der Waals surface area contributed by atoms with Crippen LogP contribution in [0.4, 0.5) is 5.82 Å². The number of carbonyl (C=O) groups excluding carboxylic acids is 1. The van der Waals surface area contributed by atoms with Crippen LogP contribution in [0.15, 0.2) is 11.0 Å². The van der Waals surface area contributed by atoms with E-state index in [9.17, 15) is 9.59 Å². The molecule has 1 fully saturated rings. The second-order valence-corrected chi connectivity index (χ2v) is 21.3. The molecular weight excluding hydrogens is 442 g/mol. The third-order valence-corrected chi connectivity index (χ3v) is 16.3. The number of anilines is 1. The van der Waals surface area contributed by atoms with Crippen molar-refractivity contribution in [2.45, 2.75) is 103 Å². The van der Waals surface area contributed by atoms with E-state index < -0.39 is 28.6 Å². The number of carbonyl (C=O) groups is 1. The van der Waals surface area contributed by atoms with Crippen LogP contribution in [0.5, 0.6) is 0 Å². The third kappa shape index (κ3) is 5.77. The Balaban J connectivity index is 2.35. The Kier molecular flexibility index (Phi) is 7.68. The number of aldehydes is 1. The molecular formula is C22H41N3O5Si2. The van der Waals surface area contributed by atoms with Crippen molar-refractivity contribution in [1.82, 2.24) is 9.55 Å². The third-order valence-electron chi connectivity index (χ3n) is 7.30. The smallest absolute Gasteiger partial charge is 0.351 e. The summed E-state index contributed by atoms with van der Waals surface area (Å²) in [4.78, 5) is 27.6. The van der Waals surface area contributed by atoms with Crippen molar-refractivity contribution in [2.75, 3.05) is 12.3 Å². The van der Waals surface area contributed by atoms with E-state index in [2.05, 4.69) is 72.7 Å². The van der Waals surface area contributed by atoms with Gasteiger partial charge in [-0.1, -0.05) is 41.5 Å². The summed E-state index contributed by atoms with van der Waals surface area (Å²) in [7, 11) is -4.10. The lowest BCUT2D eigenvalue weighted by molar-refractivity contribution is -0.0412. The molecule has 8 nitrogen and oxygen atoms in total. The van der Waals surface area contributed by atoms with Gasteiger partial charge in [0.25, 0.3) is 0 Å². The fraction of sp³-hybridized carbons (Fsp3) is 0.773. The molecule has 182 valence electrons. The zero-order chi connectivity index (χ0) is 24.7. The van der Waals surface area contributed by atoms with Crippen molar-refractivity contribution in [3.63, 3.8) is 0 Å². The maximum Gasteiger partial charge on any atom is 0.351 e. The van der Waals surface area contributed by atoms with Crippen LogP contribution in [0.1, 0.15) is 64.5 Å². The molecule has 0 unspecified atom stereocenters. The number of rotatable bonds is 7. The monoisotopic (exact) mass is 483 g/mol. The Morgan fingerprint density at radius 3 is 2.22 bits per heavy atom. The first-order valence-corrected chi connectivity index (χ1v) is 17.0. The fourth-order valence-corrected chi connectivity index (χ4v) is 5.37. The zero-order valence-corrected chi connectivity index (χ0v) is 23.3. The van der Waals surface area contributed by atoms with E-state index in [1.54, 1.807) is 0 Å². The summed E-state index contributed by atoms with van der Waals surface area (Å²) in [5.41, 5.74) is 5.31. The fourth-order valence-electron chi connectivity index (χ4n) is 3.00. The molecule has 1 aliphatic heterocycles. The molecule has 0 spiro atoms. The SMILES string of the molecule is CC(C)(C)[Si](C)(C)OC[C@H]1O[C@@H](n2cc(C=O)c(N)nc2=O)C[C@@H]1O[Si](C)(C)C(C)(C)C. The van der Waals surface area contributed by atoms with Crippen molar-refractivity contribution in [3.8, 4) is 0 Å². The predicted molar refractivity (Wildman–Crippen MR) is 132 cm³/mol. The van der Waals surface area contributed by atoms with E-state index >= 15 is 0 Å². The maximum absolute atomic E-state index is 12.5. The minimum absolute atomic E-state index is 0.0280. The summed E-state index contributed by atoms with van der Waals surface area (Å²) in [6.45, 7) is 22.4. The molecule has 32 heavy (non-hydrogen) atoms. The summed E-state index contributed by atoms with van der Waals surface area (Å²) < 4.78 is 20.8. The van der Waals surface area contributed by atoms with Crippen LogP contribution in [-0.4, -0.2) is 51.3 Å². The number of hydrogen-bond acceptors (Lipinski definition) is 7. The van der Waals surface area contributed by atoms with Gasteiger partial charge in [0.05, 0.1) is 18.3 Å². The molecule has 0 bridgehead atoms. The number of nitrogens with zero attached hydrogens (tertiary/aromatic N) is 2. The van der Waals surface area contributed by atoms with E-state index in [1.807, 2.05) is 0 Å². The molecule has 1 saturated heterocycles. The van der Waals surface area contributed by atoms with Gasteiger partial charge in [-0.25, -0.2) is 4.79 Å². The van der Waals surface area contributed by atoms with Gasteiger partial charge < -0.3 is 19.3 Å². The number of hydrogen-bond donors (Lipinski definition) is 1. The van der Waals surface area contributed by atoms with Gasteiger partial charge in [-0.05, 0) is 36.3 Å². The summed E-state index contributed by atoms with van der Waals surface area (Å²) in [6, 6.07) is 0. The second-order valence-electron chi connectivity index (χ2n) is 11.7. The van der Waals surface area contributed by atoms with E-state index in [-0.39, 0.29) is 33.7 Å². The zero-order valence-electron chi connectivity index (χ0n) is 21.3. The minimum atomic E-state index is -2.10. The normalized spacial score (nSPS) is 22.9. The van der Waals surface area contributed by atoms with Gasteiger partial charge >= 0.3 is 5.69 Å². The van der Waals surface area contributed by atoms with Crippen LogP contribution in [0.3, 0.4) is 0 Å². The number of nitrogen functional groups attached to an aromatic ring is 1. The number of aromatic nitrogens is 2. The molecule has 1 aromatic rings. The van der Waals surface area contributed by atoms with Gasteiger partial charge in [0, 0.05) is 12.6 Å². The lowest BCUT2D eigenvalue weighted by Gasteiger charge is -2.40. The van der Waals surface area contributed by atoms with E-state index in [1.165, 1.54) is 10.8 Å². The molecule has 0 amide bonds.